The van der Waals surface area contributed by atoms with Crippen molar-refractivity contribution in [2.24, 2.45) is 4.99 Å². The number of para-hydroxylation sites is 2. The lowest BCUT2D eigenvalue weighted by molar-refractivity contribution is 0.0683. The predicted molar refractivity (Wildman–Crippen MR) is 126 cm³/mol. The monoisotopic (exact) mass is 448 g/mol. The van der Waals surface area contributed by atoms with Crippen LogP contribution in [0.1, 0.15) is 5.56 Å². The Morgan fingerprint density at radius 2 is 1.62 bits per heavy atom. The summed E-state index contributed by atoms with van der Waals surface area (Å²) in [5, 5.41) is 6.29. The van der Waals surface area contributed by atoms with Crippen molar-refractivity contribution in [3.8, 4) is 11.5 Å². The van der Waals surface area contributed by atoms with Gasteiger partial charge in [-0.2, -0.15) is 0 Å². The standard InChI is InChI=1S/C24H21ClN4O3/c25-16-5-7-17(8-6-16)26-24(30)27-18-9-10-21-19(15-18)23(29-11-13-31-14-12-29)28-20-3-1-2-4-22(20)32-21/h1-10,15H,11-14H2,(H2,26,27,30). The van der Waals surface area contributed by atoms with Gasteiger partial charge in [-0.25, -0.2) is 9.79 Å². The Hall–Kier alpha value is -3.55. The Balaban J connectivity index is 1.45. The second-order valence-corrected chi connectivity index (χ2v) is 7.84. The number of aliphatic imine (C=N–C) groups is 1. The third kappa shape index (κ3) is 4.39. The molecule has 32 heavy (non-hydrogen) atoms. The second kappa shape index (κ2) is 8.90. The molecule has 0 aromatic heterocycles. The molecule has 162 valence electrons. The summed E-state index contributed by atoms with van der Waals surface area (Å²) in [7, 11) is 0. The van der Waals surface area contributed by atoms with Crippen molar-refractivity contribution in [1.29, 1.82) is 0 Å². The molecule has 8 heteroatoms. The maximum absolute atomic E-state index is 12.5. The molecule has 5 rings (SSSR count). The Morgan fingerprint density at radius 3 is 2.44 bits per heavy atom. The molecule has 2 aliphatic rings. The Labute approximate surface area is 190 Å². The number of urea groups is 1. The fourth-order valence-electron chi connectivity index (χ4n) is 3.64. The van der Waals surface area contributed by atoms with Crippen LogP contribution in [-0.2, 0) is 4.74 Å². The lowest BCUT2D eigenvalue weighted by Crippen LogP contribution is -2.41. The van der Waals surface area contributed by atoms with Gasteiger partial charge in [-0.15, -0.1) is 0 Å². The van der Waals surface area contributed by atoms with Crippen LogP contribution < -0.4 is 15.4 Å². The molecule has 7 nitrogen and oxygen atoms in total. The van der Waals surface area contributed by atoms with E-state index < -0.39 is 0 Å². The van der Waals surface area contributed by atoms with Crippen molar-refractivity contribution in [3.63, 3.8) is 0 Å². The van der Waals surface area contributed by atoms with Crippen LogP contribution in [0.4, 0.5) is 21.9 Å². The van der Waals surface area contributed by atoms with E-state index in [1.165, 1.54) is 0 Å². The van der Waals surface area contributed by atoms with Gasteiger partial charge in [0.1, 0.15) is 17.3 Å². The largest absolute Gasteiger partial charge is 0.454 e. The first-order valence-corrected chi connectivity index (χ1v) is 10.7. The molecule has 2 N–H and O–H groups in total. The zero-order valence-electron chi connectivity index (χ0n) is 17.2. The van der Waals surface area contributed by atoms with E-state index in [1.54, 1.807) is 24.3 Å². The highest BCUT2D eigenvalue weighted by Crippen LogP contribution is 2.39. The average molecular weight is 449 g/mol. The number of amidine groups is 1. The number of benzene rings is 3. The predicted octanol–water partition coefficient (Wildman–Crippen LogP) is 5.50. The number of nitrogens with one attached hydrogen (secondary N) is 2. The van der Waals surface area contributed by atoms with Gasteiger partial charge in [0, 0.05) is 29.5 Å². The lowest BCUT2D eigenvalue weighted by atomic mass is 10.1. The van der Waals surface area contributed by atoms with Crippen LogP contribution in [0.5, 0.6) is 11.5 Å². The van der Waals surface area contributed by atoms with Gasteiger partial charge in [-0.3, -0.25) is 0 Å². The van der Waals surface area contributed by atoms with Crippen molar-refractivity contribution in [3.05, 3.63) is 77.3 Å². The minimum atomic E-state index is -0.352. The fraction of sp³-hybridized carbons (Fsp3) is 0.167. The molecule has 3 aromatic carbocycles. The first-order valence-electron chi connectivity index (χ1n) is 10.3. The fourth-order valence-corrected chi connectivity index (χ4v) is 3.77. The van der Waals surface area contributed by atoms with E-state index in [4.69, 9.17) is 26.1 Å². The molecule has 0 aliphatic carbocycles. The van der Waals surface area contributed by atoms with Gasteiger partial charge < -0.3 is 25.0 Å². The zero-order valence-corrected chi connectivity index (χ0v) is 17.9. The SMILES string of the molecule is O=C(Nc1ccc(Cl)cc1)Nc1ccc2c(c1)C(N1CCOCC1)=Nc1ccccc1O2. The summed E-state index contributed by atoms with van der Waals surface area (Å²) < 4.78 is 11.7. The summed E-state index contributed by atoms with van der Waals surface area (Å²) in [5.41, 5.74) is 2.86. The maximum atomic E-state index is 12.5. The van der Waals surface area contributed by atoms with Crippen LogP contribution in [-0.4, -0.2) is 43.1 Å². The zero-order chi connectivity index (χ0) is 21.9. The Morgan fingerprint density at radius 1 is 0.906 bits per heavy atom. The molecule has 0 atom stereocenters. The van der Waals surface area contributed by atoms with Gasteiger partial charge in [0.15, 0.2) is 5.75 Å². The number of morpholine rings is 1. The van der Waals surface area contributed by atoms with Gasteiger partial charge in [-0.1, -0.05) is 23.7 Å². The summed E-state index contributed by atoms with van der Waals surface area (Å²) >= 11 is 5.91. The van der Waals surface area contributed by atoms with Gasteiger partial charge >= 0.3 is 6.03 Å². The molecule has 0 unspecified atom stereocenters. The number of hydrogen-bond acceptors (Lipinski definition) is 5. The molecule has 2 amide bonds. The number of halogens is 1. The number of rotatable bonds is 2. The smallest absolute Gasteiger partial charge is 0.323 e. The molecule has 1 saturated heterocycles. The van der Waals surface area contributed by atoms with E-state index in [1.807, 2.05) is 42.5 Å². The van der Waals surface area contributed by atoms with Gasteiger partial charge in [0.2, 0.25) is 0 Å². The van der Waals surface area contributed by atoms with E-state index in [0.29, 0.717) is 41.1 Å². The Bertz CT molecular complexity index is 1170. The maximum Gasteiger partial charge on any atom is 0.323 e. The van der Waals surface area contributed by atoms with Crippen LogP contribution in [0.25, 0.3) is 0 Å². The van der Waals surface area contributed by atoms with Crippen LogP contribution in [0.15, 0.2) is 71.7 Å². The highest BCUT2D eigenvalue weighted by atomic mass is 35.5. The molecule has 1 fully saturated rings. The van der Waals surface area contributed by atoms with Crippen molar-refractivity contribution in [2.75, 3.05) is 36.9 Å². The van der Waals surface area contributed by atoms with Gasteiger partial charge in [-0.05, 0) is 54.6 Å². The molecular formula is C24H21ClN4O3. The van der Waals surface area contributed by atoms with Gasteiger partial charge in [0.05, 0.1) is 18.8 Å². The molecule has 0 radical (unpaired) electrons. The highest BCUT2D eigenvalue weighted by Gasteiger charge is 2.24. The third-order valence-corrected chi connectivity index (χ3v) is 5.45. The summed E-state index contributed by atoms with van der Waals surface area (Å²) in [6.07, 6.45) is 0. The Kier molecular flexibility index (Phi) is 5.66. The van der Waals surface area contributed by atoms with E-state index in [9.17, 15) is 4.79 Å². The average Bonchev–Trinajstić information content (AvgIpc) is 2.98. The quantitative estimate of drug-likeness (QED) is 0.542. The number of anilines is 2. The molecule has 0 bridgehead atoms. The first kappa shape index (κ1) is 20.4. The second-order valence-electron chi connectivity index (χ2n) is 7.40. The van der Waals surface area contributed by atoms with E-state index >= 15 is 0 Å². The summed E-state index contributed by atoms with van der Waals surface area (Å²) in [5.74, 6) is 2.18. The van der Waals surface area contributed by atoms with Crippen LogP contribution in [0.3, 0.4) is 0 Å². The third-order valence-electron chi connectivity index (χ3n) is 5.20. The number of fused-ring (bicyclic) bond motifs is 2. The normalized spacial score (nSPS) is 14.9. The topological polar surface area (TPSA) is 75.2 Å². The van der Waals surface area contributed by atoms with Crippen molar-refractivity contribution < 1.29 is 14.3 Å². The molecule has 3 aromatic rings. The minimum Gasteiger partial charge on any atom is -0.454 e. The number of ether oxygens (including phenoxy) is 2. The van der Waals surface area contributed by atoms with E-state index in [2.05, 4.69) is 15.5 Å². The molecule has 0 saturated carbocycles. The number of carbonyl (C=O) groups excluding carboxylic acids is 1. The van der Waals surface area contributed by atoms with Crippen molar-refractivity contribution in [1.82, 2.24) is 4.90 Å². The van der Waals surface area contributed by atoms with Crippen molar-refractivity contribution >= 4 is 40.5 Å². The summed E-state index contributed by atoms with van der Waals surface area (Å²) in [6.45, 7) is 2.74. The van der Waals surface area contributed by atoms with Gasteiger partial charge in [0.25, 0.3) is 0 Å². The van der Waals surface area contributed by atoms with E-state index in [-0.39, 0.29) is 6.03 Å². The molecule has 0 spiro atoms. The number of hydrogen-bond donors (Lipinski definition) is 2. The molecule has 2 aliphatic heterocycles. The first-order chi connectivity index (χ1) is 15.7. The van der Waals surface area contributed by atoms with Crippen molar-refractivity contribution in [2.45, 2.75) is 0 Å². The number of amides is 2. The minimum absolute atomic E-state index is 0.352. The van der Waals surface area contributed by atoms with Crippen LogP contribution >= 0.6 is 11.6 Å². The number of carbonyl (C=O) groups is 1. The summed E-state index contributed by atoms with van der Waals surface area (Å²) in [6, 6.07) is 19.8. The summed E-state index contributed by atoms with van der Waals surface area (Å²) in [4.78, 5) is 19.6. The van der Waals surface area contributed by atoms with Crippen LogP contribution in [0.2, 0.25) is 5.02 Å². The number of nitrogens with zero attached hydrogens (tertiary/aromatic N) is 2. The highest BCUT2D eigenvalue weighted by molar-refractivity contribution is 6.30. The molecule has 2 heterocycles. The van der Waals surface area contributed by atoms with Crippen LogP contribution in [0, 0.1) is 0 Å². The van der Waals surface area contributed by atoms with E-state index in [0.717, 1.165) is 30.2 Å². The lowest BCUT2D eigenvalue weighted by Gasteiger charge is -2.30. The molecular weight excluding hydrogens is 428 g/mol.